The second kappa shape index (κ2) is 14.1. The van der Waals surface area contributed by atoms with Crippen molar-refractivity contribution in [3.8, 4) is 5.75 Å². The summed E-state index contributed by atoms with van der Waals surface area (Å²) in [6, 6.07) is 20.1. The minimum Gasteiger partial charge on any atom is -0.507 e. The molecule has 2 amide bonds. The molecule has 1 aliphatic carbocycles. The highest BCUT2D eigenvalue weighted by atomic mass is 16.5. The van der Waals surface area contributed by atoms with E-state index in [-0.39, 0.29) is 35.8 Å². The van der Waals surface area contributed by atoms with Gasteiger partial charge in [-0.2, -0.15) is 0 Å². The molecular formula is C40H46BN3O5. The number of fused-ring (bicyclic) bond motifs is 3. The molecule has 3 fully saturated rings. The molecule has 1 aromatic heterocycles. The van der Waals surface area contributed by atoms with Crippen LogP contribution in [0.3, 0.4) is 0 Å². The molecule has 0 saturated carbocycles. The van der Waals surface area contributed by atoms with Crippen LogP contribution in [0, 0.1) is 31.6 Å². The number of phenols is 1. The molecule has 2 aromatic carbocycles. The maximum absolute atomic E-state index is 14.2. The second-order valence-electron chi connectivity index (χ2n) is 14.5. The number of pyridine rings is 1. The number of nitrogens with zero attached hydrogens (tertiary/aromatic N) is 3. The van der Waals surface area contributed by atoms with Crippen LogP contribution in [0.4, 0.5) is 0 Å². The summed E-state index contributed by atoms with van der Waals surface area (Å²) in [5.74, 6) is -0.851. The minimum atomic E-state index is -1.01. The molecule has 9 heteroatoms. The van der Waals surface area contributed by atoms with E-state index in [1.54, 1.807) is 11.1 Å². The number of allylic oxidation sites excluding steroid dienone is 2. The van der Waals surface area contributed by atoms with Gasteiger partial charge in [0.1, 0.15) is 5.75 Å². The van der Waals surface area contributed by atoms with Gasteiger partial charge in [-0.15, -0.1) is 0 Å². The van der Waals surface area contributed by atoms with Crippen molar-refractivity contribution >= 4 is 30.6 Å². The normalized spacial score (nSPS) is 25.2. The summed E-state index contributed by atoms with van der Waals surface area (Å²) in [4.78, 5) is 36.9. The molecule has 49 heavy (non-hydrogen) atoms. The number of aryl methyl sites for hydroxylation is 2. The number of phenolic OH excluding ortho intramolecular Hbond substituents is 1. The lowest BCUT2D eigenvalue weighted by atomic mass is 9.58. The summed E-state index contributed by atoms with van der Waals surface area (Å²) in [5.41, 5.74) is 7.95. The number of amides is 2. The number of aromatic nitrogens is 1. The number of carbonyl (C=O) groups excluding carboxylic acids is 2. The van der Waals surface area contributed by atoms with Crippen LogP contribution < -0.4 is 0 Å². The Morgan fingerprint density at radius 1 is 0.980 bits per heavy atom. The third-order valence-electron chi connectivity index (χ3n) is 11.2. The van der Waals surface area contributed by atoms with Crippen LogP contribution in [-0.2, 0) is 20.8 Å². The molecule has 254 valence electrons. The van der Waals surface area contributed by atoms with Crippen molar-refractivity contribution in [3.63, 3.8) is 0 Å². The van der Waals surface area contributed by atoms with Crippen molar-refractivity contribution in [1.29, 1.82) is 0 Å². The zero-order valence-corrected chi connectivity index (χ0v) is 28.7. The predicted octanol–water partition coefficient (Wildman–Crippen LogP) is 6.21. The van der Waals surface area contributed by atoms with E-state index >= 15 is 0 Å². The largest absolute Gasteiger partial charge is 0.507 e. The van der Waals surface area contributed by atoms with Gasteiger partial charge >= 0.3 is 7.12 Å². The fourth-order valence-electron chi connectivity index (χ4n) is 8.87. The molecule has 0 unspecified atom stereocenters. The van der Waals surface area contributed by atoms with Gasteiger partial charge in [-0.3, -0.25) is 24.4 Å². The van der Waals surface area contributed by atoms with E-state index in [4.69, 9.17) is 4.65 Å². The molecule has 0 spiro atoms. The predicted molar refractivity (Wildman–Crippen MR) is 191 cm³/mol. The third-order valence-corrected chi connectivity index (χ3v) is 11.2. The first-order valence-electron chi connectivity index (χ1n) is 17.8. The molecule has 4 aliphatic rings. The number of likely N-dealkylation sites (tertiary alicyclic amines) is 2. The maximum Gasteiger partial charge on any atom is 0.455 e. The van der Waals surface area contributed by atoms with Gasteiger partial charge in [0.2, 0.25) is 11.8 Å². The molecule has 0 bridgehead atoms. The molecule has 2 N–H and O–H groups in total. The zero-order valence-electron chi connectivity index (χ0n) is 28.7. The van der Waals surface area contributed by atoms with Crippen LogP contribution in [0.5, 0.6) is 5.75 Å². The van der Waals surface area contributed by atoms with E-state index in [0.29, 0.717) is 31.3 Å². The summed E-state index contributed by atoms with van der Waals surface area (Å²) < 4.78 is 6.23. The lowest BCUT2D eigenvalue weighted by Crippen LogP contribution is -2.48. The SMILES string of the molecule is CC1=C2[C@@H](CC/C(=C/c3cc(C)c(O)c(C)c3)c3ccccn3)OB(O)C[C@@H]2[C@@H]2C(=O)N(C3CCN(Cc4ccccc4)CC3)C(=O)[C@@H]2C1. The van der Waals surface area contributed by atoms with Crippen molar-refractivity contribution in [3.05, 3.63) is 106 Å². The summed E-state index contributed by atoms with van der Waals surface area (Å²) in [7, 11) is -1.01. The van der Waals surface area contributed by atoms with Gasteiger partial charge in [-0.1, -0.05) is 42.0 Å². The quantitative estimate of drug-likeness (QED) is 0.169. The minimum absolute atomic E-state index is 0.0349. The maximum atomic E-state index is 14.2. The van der Waals surface area contributed by atoms with Gasteiger partial charge < -0.3 is 14.8 Å². The van der Waals surface area contributed by atoms with E-state index in [1.165, 1.54) is 5.56 Å². The number of piperidine rings is 1. The van der Waals surface area contributed by atoms with Gasteiger partial charge in [0.25, 0.3) is 0 Å². The Morgan fingerprint density at radius 3 is 2.39 bits per heavy atom. The number of aromatic hydroxyl groups is 1. The topological polar surface area (TPSA) is 103 Å². The Hall–Kier alpha value is -4.05. The highest BCUT2D eigenvalue weighted by Crippen LogP contribution is 2.51. The van der Waals surface area contributed by atoms with Gasteiger partial charge in [-0.25, -0.2) is 0 Å². The average molecular weight is 660 g/mol. The first-order valence-corrected chi connectivity index (χ1v) is 17.8. The molecule has 4 heterocycles. The Morgan fingerprint density at radius 2 is 1.69 bits per heavy atom. The number of carbonyl (C=O) groups is 2. The lowest BCUT2D eigenvalue weighted by molar-refractivity contribution is -0.144. The fraction of sp³-hybridized carbons (Fsp3) is 0.425. The molecule has 3 aliphatic heterocycles. The van der Waals surface area contributed by atoms with Crippen LogP contribution in [0.15, 0.2) is 78.0 Å². The van der Waals surface area contributed by atoms with E-state index in [9.17, 15) is 19.7 Å². The fourth-order valence-corrected chi connectivity index (χ4v) is 8.87. The molecule has 7 rings (SSSR count). The summed E-state index contributed by atoms with van der Waals surface area (Å²) >= 11 is 0. The number of benzene rings is 2. The summed E-state index contributed by atoms with van der Waals surface area (Å²) in [6.07, 6.45) is 7.19. The van der Waals surface area contributed by atoms with Crippen LogP contribution in [0.25, 0.3) is 11.6 Å². The standard InChI is InChI=1S/C40H46BN3O5/c1-25-21-32-37(40(47)44(39(32)46)31-14-17-43(18-15-31)24-28-9-5-4-6-10-28)33-23-41(48)49-35(36(25)33)13-12-30(34-11-7-8-16-42-34)22-29-19-26(2)38(45)27(3)20-29/h4-11,16,19-20,22,31-33,35,37,45,48H,12-15,17-18,21,23-24H2,1-3H3/b30-22-/t32-,33+,35-,37-/m1/s1. The van der Waals surface area contributed by atoms with Crippen LogP contribution in [0.2, 0.25) is 6.32 Å². The average Bonchev–Trinajstić information content (AvgIpc) is 3.35. The molecule has 3 saturated heterocycles. The first-order chi connectivity index (χ1) is 23.7. The molecule has 8 nitrogen and oxygen atoms in total. The number of hydrogen-bond acceptors (Lipinski definition) is 7. The van der Waals surface area contributed by atoms with Gasteiger partial charge in [0.05, 0.1) is 23.6 Å². The van der Waals surface area contributed by atoms with Crippen LogP contribution >= 0.6 is 0 Å². The molecule has 0 radical (unpaired) electrons. The van der Waals surface area contributed by atoms with E-state index in [1.807, 2.05) is 50.2 Å². The van der Waals surface area contributed by atoms with E-state index in [0.717, 1.165) is 71.6 Å². The summed E-state index contributed by atoms with van der Waals surface area (Å²) in [6.45, 7) is 8.44. The second-order valence-corrected chi connectivity index (χ2v) is 14.5. The van der Waals surface area contributed by atoms with Crippen molar-refractivity contribution in [2.45, 2.75) is 77.9 Å². The zero-order chi connectivity index (χ0) is 34.2. The Bertz CT molecular complexity index is 1750. The van der Waals surface area contributed by atoms with Crippen LogP contribution in [0.1, 0.15) is 67.0 Å². The highest BCUT2D eigenvalue weighted by molar-refractivity contribution is 6.43. The lowest BCUT2D eigenvalue weighted by Gasteiger charge is -2.42. The Labute approximate surface area is 289 Å². The van der Waals surface area contributed by atoms with Gasteiger partial charge in [-0.05, 0) is 129 Å². The third kappa shape index (κ3) is 6.76. The smallest absolute Gasteiger partial charge is 0.455 e. The van der Waals surface area contributed by atoms with E-state index in [2.05, 4.69) is 47.1 Å². The Balaban J connectivity index is 1.09. The monoisotopic (exact) mass is 659 g/mol. The van der Waals surface area contributed by atoms with Gasteiger partial charge in [0, 0.05) is 31.9 Å². The van der Waals surface area contributed by atoms with Crippen molar-refractivity contribution in [1.82, 2.24) is 14.8 Å². The number of hydrogen-bond donors (Lipinski definition) is 2. The molecular weight excluding hydrogens is 613 g/mol. The van der Waals surface area contributed by atoms with Crippen molar-refractivity contribution < 1.29 is 24.4 Å². The first kappa shape index (κ1) is 33.5. The van der Waals surface area contributed by atoms with Gasteiger partial charge in [0.15, 0.2) is 0 Å². The van der Waals surface area contributed by atoms with Crippen molar-refractivity contribution in [2.24, 2.45) is 17.8 Å². The Kier molecular flexibility index (Phi) is 9.60. The highest BCUT2D eigenvalue weighted by Gasteiger charge is 2.58. The van der Waals surface area contributed by atoms with Crippen molar-refractivity contribution in [2.75, 3.05) is 13.1 Å². The van der Waals surface area contributed by atoms with E-state index < -0.39 is 13.0 Å². The molecule has 3 aromatic rings. The summed E-state index contributed by atoms with van der Waals surface area (Å²) in [5, 5.41) is 21.4. The number of imide groups is 1. The number of rotatable bonds is 8. The van der Waals surface area contributed by atoms with Crippen LogP contribution in [-0.4, -0.2) is 69.1 Å². The molecule has 4 atom stereocenters.